The number of nitro groups is 1. The molecule has 0 atom stereocenters. The Bertz CT molecular complexity index is 687. The molecular formula is C13H10F3N3O3. The summed E-state index contributed by atoms with van der Waals surface area (Å²) in [6.45, 7) is 0. The average molecular weight is 313 g/mol. The van der Waals surface area contributed by atoms with Gasteiger partial charge in [-0.2, -0.15) is 13.2 Å². The van der Waals surface area contributed by atoms with Crippen LogP contribution in [0, 0.1) is 10.1 Å². The number of nitro benzene ring substituents is 1. The smallest absolute Gasteiger partial charge is 0.417 e. The van der Waals surface area contributed by atoms with Crippen LogP contribution in [0.1, 0.15) is 5.56 Å². The molecule has 1 heterocycles. The van der Waals surface area contributed by atoms with Gasteiger partial charge in [0.15, 0.2) is 0 Å². The minimum atomic E-state index is -4.47. The van der Waals surface area contributed by atoms with E-state index in [9.17, 15) is 23.3 Å². The summed E-state index contributed by atoms with van der Waals surface area (Å²) in [7, 11) is 1.50. The van der Waals surface area contributed by atoms with Crippen molar-refractivity contribution in [2.24, 2.45) is 0 Å². The second kappa shape index (κ2) is 5.88. The molecule has 0 amide bonds. The van der Waals surface area contributed by atoms with Crippen LogP contribution in [0.2, 0.25) is 0 Å². The van der Waals surface area contributed by atoms with Crippen molar-refractivity contribution >= 4 is 11.4 Å². The lowest BCUT2D eigenvalue weighted by atomic mass is 10.2. The van der Waals surface area contributed by atoms with Gasteiger partial charge in [0.2, 0.25) is 5.88 Å². The minimum Gasteiger partial charge on any atom is -0.439 e. The Morgan fingerprint density at radius 2 is 2.00 bits per heavy atom. The van der Waals surface area contributed by atoms with Gasteiger partial charge in [-0.25, -0.2) is 4.98 Å². The molecule has 0 aliphatic carbocycles. The highest BCUT2D eigenvalue weighted by atomic mass is 19.4. The van der Waals surface area contributed by atoms with Gasteiger partial charge in [0.25, 0.3) is 5.69 Å². The van der Waals surface area contributed by atoms with Crippen LogP contribution in [0.4, 0.5) is 24.5 Å². The third kappa shape index (κ3) is 3.43. The van der Waals surface area contributed by atoms with Crippen molar-refractivity contribution < 1.29 is 22.8 Å². The number of nitrogens with zero attached hydrogens (tertiary/aromatic N) is 2. The van der Waals surface area contributed by atoms with Gasteiger partial charge in [0, 0.05) is 31.4 Å². The number of halogens is 3. The summed E-state index contributed by atoms with van der Waals surface area (Å²) in [6, 6.07) is 5.83. The summed E-state index contributed by atoms with van der Waals surface area (Å²) in [6.07, 6.45) is -3.82. The van der Waals surface area contributed by atoms with Gasteiger partial charge in [-0.15, -0.1) is 0 Å². The number of anilines is 1. The fraction of sp³-hybridized carbons (Fsp3) is 0.154. The largest absolute Gasteiger partial charge is 0.439 e. The summed E-state index contributed by atoms with van der Waals surface area (Å²) >= 11 is 0. The lowest BCUT2D eigenvalue weighted by molar-refractivity contribution is -0.384. The van der Waals surface area contributed by atoms with Crippen LogP contribution in [-0.2, 0) is 6.18 Å². The fourth-order valence-electron chi connectivity index (χ4n) is 1.67. The molecule has 1 aromatic heterocycles. The standard InChI is InChI=1S/C13H10F3N3O3/c1-17-10-6-9(3-4-11(10)19(20)21)22-12-5-2-8(7-18-12)13(14,15)16/h2-7,17H,1H3. The average Bonchev–Trinajstić information content (AvgIpc) is 2.46. The van der Waals surface area contributed by atoms with E-state index in [4.69, 9.17) is 4.74 Å². The van der Waals surface area contributed by atoms with Gasteiger partial charge in [-0.1, -0.05) is 0 Å². The monoisotopic (exact) mass is 313 g/mol. The first-order chi connectivity index (χ1) is 10.3. The molecule has 9 heteroatoms. The molecule has 0 aliphatic rings. The van der Waals surface area contributed by atoms with Crippen molar-refractivity contribution in [3.8, 4) is 11.6 Å². The van der Waals surface area contributed by atoms with E-state index >= 15 is 0 Å². The summed E-state index contributed by atoms with van der Waals surface area (Å²) in [5.41, 5.74) is -0.816. The molecule has 2 rings (SSSR count). The SMILES string of the molecule is CNc1cc(Oc2ccc(C(F)(F)F)cn2)ccc1[N+](=O)[O-]. The molecule has 0 saturated heterocycles. The van der Waals surface area contributed by atoms with Crippen molar-refractivity contribution in [2.45, 2.75) is 6.18 Å². The first-order valence-electron chi connectivity index (χ1n) is 5.98. The number of nitrogens with one attached hydrogen (secondary N) is 1. The number of hydrogen-bond donors (Lipinski definition) is 1. The summed E-state index contributed by atoms with van der Waals surface area (Å²) in [5, 5.41) is 13.4. The maximum Gasteiger partial charge on any atom is 0.417 e. The quantitative estimate of drug-likeness (QED) is 0.685. The maximum atomic E-state index is 12.4. The van der Waals surface area contributed by atoms with Crippen molar-refractivity contribution in [3.05, 3.63) is 52.2 Å². The Balaban J connectivity index is 2.22. The molecule has 0 bridgehead atoms. The first-order valence-corrected chi connectivity index (χ1v) is 5.98. The minimum absolute atomic E-state index is 0.0519. The van der Waals surface area contributed by atoms with Crippen molar-refractivity contribution in [3.63, 3.8) is 0 Å². The lowest BCUT2D eigenvalue weighted by Crippen LogP contribution is -2.05. The van der Waals surface area contributed by atoms with Crippen LogP contribution in [0.5, 0.6) is 11.6 Å². The third-order valence-corrected chi connectivity index (χ3v) is 2.72. The highest BCUT2D eigenvalue weighted by molar-refractivity contribution is 5.64. The molecule has 0 radical (unpaired) electrons. The summed E-state index contributed by atoms with van der Waals surface area (Å²) < 4.78 is 42.5. The van der Waals surface area contributed by atoms with Crippen LogP contribution in [0.15, 0.2) is 36.5 Å². The number of ether oxygens (including phenoxy) is 1. The van der Waals surface area contributed by atoms with Crippen LogP contribution in [-0.4, -0.2) is 17.0 Å². The second-order valence-corrected chi connectivity index (χ2v) is 4.17. The molecule has 6 nitrogen and oxygen atoms in total. The molecular weight excluding hydrogens is 303 g/mol. The van der Waals surface area contributed by atoms with Crippen molar-refractivity contribution in [2.75, 3.05) is 12.4 Å². The molecule has 0 saturated carbocycles. The zero-order chi connectivity index (χ0) is 16.3. The number of alkyl halides is 3. The predicted octanol–water partition coefficient (Wildman–Crippen LogP) is 3.84. The summed E-state index contributed by atoms with van der Waals surface area (Å²) in [4.78, 5) is 13.8. The molecule has 1 N–H and O–H groups in total. The molecule has 116 valence electrons. The molecule has 0 fully saturated rings. The maximum absolute atomic E-state index is 12.4. The van der Waals surface area contributed by atoms with Crippen LogP contribution in [0.25, 0.3) is 0 Å². The Morgan fingerprint density at radius 3 is 2.50 bits per heavy atom. The highest BCUT2D eigenvalue weighted by Gasteiger charge is 2.30. The van der Waals surface area contributed by atoms with E-state index in [-0.39, 0.29) is 23.0 Å². The number of aromatic nitrogens is 1. The first kappa shape index (κ1) is 15.5. The van der Waals surface area contributed by atoms with Gasteiger partial charge >= 0.3 is 6.18 Å². The molecule has 2 aromatic rings. The zero-order valence-corrected chi connectivity index (χ0v) is 11.2. The number of pyridine rings is 1. The molecule has 0 unspecified atom stereocenters. The fourth-order valence-corrected chi connectivity index (χ4v) is 1.67. The van der Waals surface area contributed by atoms with Crippen molar-refractivity contribution in [1.82, 2.24) is 4.98 Å². The Kier molecular flexibility index (Phi) is 4.15. The summed E-state index contributed by atoms with van der Waals surface area (Å²) in [5.74, 6) is 0.158. The van der Waals surface area contributed by atoms with E-state index in [1.54, 1.807) is 0 Å². The normalized spacial score (nSPS) is 11.1. The van der Waals surface area contributed by atoms with Crippen LogP contribution in [0.3, 0.4) is 0 Å². The van der Waals surface area contributed by atoms with Crippen LogP contribution < -0.4 is 10.1 Å². The zero-order valence-electron chi connectivity index (χ0n) is 11.2. The Hall–Kier alpha value is -2.84. The molecule has 0 spiro atoms. The van der Waals surface area contributed by atoms with E-state index < -0.39 is 16.7 Å². The van der Waals surface area contributed by atoms with E-state index in [0.29, 0.717) is 6.20 Å². The van der Waals surface area contributed by atoms with Gasteiger partial charge in [0.05, 0.1) is 10.5 Å². The molecule has 0 aliphatic heterocycles. The van der Waals surface area contributed by atoms with Crippen LogP contribution >= 0.6 is 0 Å². The van der Waals surface area contributed by atoms with Crippen molar-refractivity contribution in [1.29, 1.82) is 0 Å². The van der Waals surface area contributed by atoms with E-state index in [1.807, 2.05) is 0 Å². The van der Waals surface area contributed by atoms with Gasteiger partial charge in [-0.3, -0.25) is 10.1 Å². The van der Waals surface area contributed by atoms with E-state index in [0.717, 1.165) is 12.1 Å². The topological polar surface area (TPSA) is 77.3 Å². The predicted molar refractivity (Wildman–Crippen MR) is 72.0 cm³/mol. The van der Waals surface area contributed by atoms with E-state index in [1.165, 1.54) is 25.2 Å². The van der Waals surface area contributed by atoms with Gasteiger partial charge in [-0.05, 0) is 12.1 Å². The third-order valence-electron chi connectivity index (χ3n) is 2.72. The number of benzene rings is 1. The number of rotatable bonds is 4. The Morgan fingerprint density at radius 1 is 1.27 bits per heavy atom. The van der Waals surface area contributed by atoms with Gasteiger partial charge < -0.3 is 10.1 Å². The van der Waals surface area contributed by atoms with Gasteiger partial charge in [0.1, 0.15) is 11.4 Å². The molecule has 1 aromatic carbocycles. The van der Waals surface area contributed by atoms with E-state index in [2.05, 4.69) is 10.3 Å². The Labute approximate surface area is 122 Å². The highest BCUT2D eigenvalue weighted by Crippen LogP contribution is 2.32. The lowest BCUT2D eigenvalue weighted by Gasteiger charge is -2.09. The second-order valence-electron chi connectivity index (χ2n) is 4.17. The molecule has 22 heavy (non-hydrogen) atoms. The number of hydrogen-bond acceptors (Lipinski definition) is 5.